The van der Waals surface area contributed by atoms with Gasteiger partial charge in [0, 0.05) is 38.5 Å². The van der Waals surface area contributed by atoms with Crippen molar-refractivity contribution in [3.8, 4) is 0 Å². The fourth-order valence-electron chi connectivity index (χ4n) is 10.4. The van der Waals surface area contributed by atoms with Gasteiger partial charge in [-0.1, -0.05) is 0 Å². The zero-order chi connectivity index (χ0) is 16.3. The SMILES string of the molecule is C1=C[N+](C23CC4CC(CC(C4)C2)C3)(C23CC4CC(CC(C4)C2)C3)C=N1. The average molecular weight is 338 g/mol. The first-order valence-electron chi connectivity index (χ1n) is 11.3. The van der Waals surface area contributed by atoms with Crippen LogP contribution in [0.5, 0.6) is 0 Å². The van der Waals surface area contributed by atoms with Crippen LogP contribution >= 0.6 is 0 Å². The normalized spacial score (nSPS) is 63.0. The minimum absolute atomic E-state index is 0.525. The number of hydrogen-bond acceptors (Lipinski definition) is 1. The Morgan fingerprint density at radius 3 is 1.24 bits per heavy atom. The third-order valence-corrected chi connectivity index (χ3v) is 10.2. The molecule has 0 radical (unpaired) electrons. The number of rotatable bonds is 2. The molecule has 2 heteroatoms. The summed E-state index contributed by atoms with van der Waals surface area (Å²) < 4.78 is 1.22. The Kier molecular flexibility index (Phi) is 2.56. The lowest BCUT2D eigenvalue weighted by atomic mass is 9.47. The second-order valence-electron chi connectivity index (χ2n) is 11.6. The van der Waals surface area contributed by atoms with E-state index in [0.717, 1.165) is 35.5 Å². The van der Waals surface area contributed by atoms with Crippen LogP contribution in [-0.2, 0) is 0 Å². The molecular weight excluding hydrogens is 304 g/mol. The maximum atomic E-state index is 4.82. The minimum atomic E-state index is 0.525. The van der Waals surface area contributed by atoms with Gasteiger partial charge in [-0.25, -0.2) is 9.48 Å². The molecule has 9 aliphatic rings. The molecule has 8 fully saturated rings. The van der Waals surface area contributed by atoms with Crippen molar-refractivity contribution >= 4 is 6.34 Å². The Morgan fingerprint density at radius 1 is 0.600 bits per heavy atom. The maximum absolute atomic E-state index is 4.82. The minimum Gasteiger partial charge on any atom is -0.244 e. The second-order valence-corrected chi connectivity index (χ2v) is 11.6. The number of quaternary nitrogens is 1. The molecule has 0 unspecified atom stereocenters. The van der Waals surface area contributed by atoms with Gasteiger partial charge >= 0.3 is 0 Å². The van der Waals surface area contributed by atoms with E-state index in [2.05, 4.69) is 18.7 Å². The molecule has 8 saturated carbocycles. The summed E-state index contributed by atoms with van der Waals surface area (Å²) in [6.45, 7) is 0. The van der Waals surface area contributed by atoms with E-state index in [1.807, 2.05) is 0 Å². The zero-order valence-electron chi connectivity index (χ0n) is 15.6. The summed E-state index contributed by atoms with van der Waals surface area (Å²) in [5, 5.41) is 0. The monoisotopic (exact) mass is 337 g/mol. The molecule has 0 amide bonds. The van der Waals surface area contributed by atoms with Gasteiger partial charge in [-0.2, -0.15) is 0 Å². The van der Waals surface area contributed by atoms with Gasteiger partial charge in [-0.15, -0.1) is 0 Å². The summed E-state index contributed by atoms with van der Waals surface area (Å²) in [6.07, 6.45) is 25.7. The van der Waals surface area contributed by atoms with Crippen LogP contribution in [-0.4, -0.2) is 21.9 Å². The van der Waals surface area contributed by atoms with Crippen LogP contribution in [0.1, 0.15) is 77.0 Å². The molecule has 0 aromatic heterocycles. The molecule has 2 nitrogen and oxygen atoms in total. The van der Waals surface area contributed by atoms with Crippen LogP contribution < -0.4 is 0 Å². The first kappa shape index (κ1) is 14.4. The number of nitrogens with zero attached hydrogens (tertiary/aromatic N) is 2. The molecule has 0 saturated heterocycles. The second kappa shape index (κ2) is 4.43. The Morgan fingerprint density at radius 2 is 0.960 bits per heavy atom. The molecule has 0 aromatic rings. The van der Waals surface area contributed by atoms with E-state index in [0.29, 0.717) is 11.1 Å². The van der Waals surface area contributed by atoms with E-state index in [9.17, 15) is 0 Å². The lowest BCUT2D eigenvalue weighted by Gasteiger charge is -2.69. The highest BCUT2D eigenvalue weighted by molar-refractivity contribution is 5.54. The molecular formula is C23H33N2+. The van der Waals surface area contributed by atoms with Crippen molar-refractivity contribution in [1.29, 1.82) is 0 Å². The molecule has 8 bridgehead atoms. The van der Waals surface area contributed by atoms with Gasteiger partial charge in [0.15, 0.2) is 6.34 Å². The van der Waals surface area contributed by atoms with Crippen molar-refractivity contribution in [1.82, 2.24) is 0 Å². The van der Waals surface area contributed by atoms with Crippen LogP contribution in [0.3, 0.4) is 0 Å². The quantitative estimate of drug-likeness (QED) is 0.610. The number of hydrogen-bond donors (Lipinski definition) is 0. The van der Waals surface area contributed by atoms with E-state index >= 15 is 0 Å². The Bertz CT molecular complexity index is 543. The van der Waals surface area contributed by atoms with Crippen molar-refractivity contribution in [3.05, 3.63) is 12.4 Å². The molecule has 25 heavy (non-hydrogen) atoms. The molecule has 8 aliphatic carbocycles. The van der Waals surface area contributed by atoms with Crippen molar-refractivity contribution in [2.45, 2.75) is 88.1 Å². The maximum Gasteiger partial charge on any atom is 0.195 e. The Hall–Kier alpha value is -0.630. The van der Waals surface area contributed by atoms with Crippen molar-refractivity contribution in [2.24, 2.45) is 40.5 Å². The lowest BCUT2D eigenvalue weighted by Crippen LogP contribution is -2.77. The van der Waals surface area contributed by atoms with Gasteiger partial charge < -0.3 is 0 Å². The predicted octanol–water partition coefficient (Wildman–Crippen LogP) is 5.25. The van der Waals surface area contributed by atoms with Crippen molar-refractivity contribution in [3.63, 3.8) is 0 Å². The lowest BCUT2D eigenvalue weighted by molar-refractivity contribution is -0.905. The van der Waals surface area contributed by atoms with Crippen LogP contribution in [0, 0.1) is 35.5 Å². The highest BCUT2D eigenvalue weighted by atomic mass is 15.5. The third kappa shape index (κ3) is 1.65. The summed E-state index contributed by atoms with van der Waals surface area (Å²) in [7, 11) is 0. The van der Waals surface area contributed by atoms with Gasteiger partial charge in [-0.05, 0) is 74.0 Å². The summed E-state index contributed by atoms with van der Waals surface area (Å²) in [5.74, 6) is 6.24. The predicted molar refractivity (Wildman–Crippen MR) is 99.7 cm³/mol. The van der Waals surface area contributed by atoms with Crippen molar-refractivity contribution in [2.75, 3.05) is 0 Å². The highest BCUT2D eigenvalue weighted by Crippen LogP contribution is 2.67. The summed E-state index contributed by atoms with van der Waals surface area (Å²) in [5.41, 5.74) is 1.05. The Labute approximate surface area is 152 Å². The van der Waals surface area contributed by atoms with Crippen molar-refractivity contribution < 1.29 is 4.48 Å². The largest absolute Gasteiger partial charge is 0.244 e. The van der Waals surface area contributed by atoms with Crippen LogP contribution in [0.2, 0.25) is 0 Å². The summed E-state index contributed by atoms with van der Waals surface area (Å²) in [6, 6.07) is 0. The van der Waals surface area contributed by atoms with E-state index in [1.165, 1.54) is 43.0 Å². The van der Waals surface area contributed by atoms with E-state index in [4.69, 9.17) is 4.99 Å². The molecule has 0 N–H and O–H groups in total. The molecule has 0 atom stereocenters. The molecule has 1 heterocycles. The summed E-state index contributed by atoms with van der Waals surface area (Å²) >= 11 is 0. The van der Waals surface area contributed by atoms with Crippen LogP contribution in [0.25, 0.3) is 0 Å². The molecule has 1 aliphatic heterocycles. The third-order valence-electron chi connectivity index (χ3n) is 10.2. The molecule has 134 valence electrons. The van der Waals surface area contributed by atoms with E-state index in [-0.39, 0.29) is 0 Å². The number of aliphatic imine (C=N–C) groups is 1. The smallest absolute Gasteiger partial charge is 0.195 e. The highest BCUT2D eigenvalue weighted by Gasteiger charge is 2.70. The average Bonchev–Trinajstić information content (AvgIpc) is 3.04. The van der Waals surface area contributed by atoms with Gasteiger partial charge in [-0.3, -0.25) is 0 Å². The fourth-order valence-corrected chi connectivity index (χ4v) is 10.4. The summed E-state index contributed by atoms with van der Waals surface area (Å²) in [4.78, 5) is 4.82. The molecule has 0 aromatic carbocycles. The van der Waals surface area contributed by atoms with Gasteiger partial charge in [0.1, 0.15) is 17.3 Å². The molecule has 9 rings (SSSR count). The van der Waals surface area contributed by atoms with Gasteiger partial charge in [0.05, 0.1) is 6.20 Å². The molecule has 0 spiro atoms. The van der Waals surface area contributed by atoms with E-state index in [1.54, 1.807) is 38.5 Å². The van der Waals surface area contributed by atoms with Crippen LogP contribution in [0.15, 0.2) is 17.4 Å². The van der Waals surface area contributed by atoms with Gasteiger partial charge in [0.25, 0.3) is 0 Å². The first-order chi connectivity index (χ1) is 12.2. The zero-order valence-corrected chi connectivity index (χ0v) is 15.6. The Balaban J connectivity index is 1.39. The fraction of sp³-hybridized carbons (Fsp3) is 0.870. The topological polar surface area (TPSA) is 12.4 Å². The van der Waals surface area contributed by atoms with Crippen LogP contribution in [0.4, 0.5) is 0 Å². The standard InChI is InChI=1S/C23H33N2/c1-2-25(15-24-1,22-9-16-3-17(10-22)5-18(4-16)11-22)23-12-19-6-20(13-23)8-21(7-19)14-23/h1-2,15-21H,3-14H2/q+1. The van der Waals surface area contributed by atoms with Gasteiger partial charge in [0.2, 0.25) is 0 Å². The van der Waals surface area contributed by atoms with E-state index < -0.39 is 0 Å². The first-order valence-corrected chi connectivity index (χ1v) is 11.3.